The zero-order valence-electron chi connectivity index (χ0n) is 10.0. The normalized spacial score (nSPS) is 39.2. The average molecular weight is 212 g/mol. The number of hydrazine groups is 1. The van der Waals surface area contributed by atoms with E-state index in [1.165, 1.54) is 32.1 Å². The first-order chi connectivity index (χ1) is 7.27. The van der Waals surface area contributed by atoms with Gasteiger partial charge in [0.25, 0.3) is 0 Å². The Hall–Kier alpha value is -0.120. The fourth-order valence-electron chi connectivity index (χ4n) is 2.73. The first kappa shape index (κ1) is 11.4. The van der Waals surface area contributed by atoms with Crippen molar-refractivity contribution in [3.8, 4) is 0 Å². The molecule has 2 rings (SSSR count). The zero-order valence-corrected chi connectivity index (χ0v) is 10.0. The Morgan fingerprint density at radius 3 is 2.40 bits per heavy atom. The van der Waals surface area contributed by atoms with E-state index in [0.29, 0.717) is 18.1 Å². The maximum atomic E-state index is 5.50. The summed E-state index contributed by atoms with van der Waals surface area (Å²) < 4.78 is 5.50. The quantitative estimate of drug-likeness (QED) is 0.757. The molecule has 3 nitrogen and oxygen atoms in total. The summed E-state index contributed by atoms with van der Waals surface area (Å²) in [4.78, 5) is 0. The minimum absolute atomic E-state index is 0.543. The molecule has 2 fully saturated rings. The van der Waals surface area contributed by atoms with Crippen LogP contribution in [0, 0.1) is 0 Å². The molecule has 1 N–H and O–H groups in total. The van der Waals surface area contributed by atoms with Crippen molar-refractivity contribution in [1.82, 2.24) is 10.4 Å². The first-order valence-electron chi connectivity index (χ1n) is 6.39. The molecule has 0 amide bonds. The number of rotatable bonds is 2. The van der Waals surface area contributed by atoms with E-state index in [1.807, 2.05) is 0 Å². The summed E-state index contributed by atoms with van der Waals surface area (Å²) in [5, 5.41) is 2.46. The van der Waals surface area contributed by atoms with Gasteiger partial charge in [-0.3, -0.25) is 0 Å². The van der Waals surface area contributed by atoms with Crippen molar-refractivity contribution in [2.24, 2.45) is 0 Å². The molecule has 2 saturated heterocycles. The smallest absolute Gasteiger partial charge is 0.0633 e. The standard InChI is InChI=1S/C12H24N2O/c1-10-5-3-6-11(2)14(10)13-12-7-4-8-15-9-12/h10-13H,3-9H2,1-2H3. The molecule has 0 aliphatic carbocycles. The number of piperidine rings is 1. The lowest BCUT2D eigenvalue weighted by Crippen LogP contribution is -2.57. The van der Waals surface area contributed by atoms with Gasteiger partial charge in [-0.25, -0.2) is 10.4 Å². The van der Waals surface area contributed by atoms with E-state index in [1.54, 1.807) is 0 Å². The van der Waals surface area contributed by atoms with E-state index in [2.05, 4.69) is 24.3 Å². The van der Waals surface area contributed by atoms with E-state index in [4.69, 9.17) is 4.74 Å². The van der Waals surface area contributed by atoms with Crippen molar-refractivity contribution < 1.29 is 4.74 Å². The second-order valence-electron chi connectivity index (χ2n) is 5.08. The summed E-state index contributed by atoms with van der Waals surface area (Å²) in [5.74, 6) is 0. The number of nitrogens with zero attached hydrogens (tertiary/aromatic N) is 1. The highest BCUT2D eigenvalue weighted by molar-refractivity contribution is 4.79. The molecule has 0 aromatic rings. The van der Waals surface area contributed by atoms with Crippen LogP contribution >= 0.6 is 0 Å². The molecule has 0 aromatic heterocycles. The molecule has 0 radical (unpaired) electrons. The Morgan fingerprint density at radius 2 is 1.80 bits per heavy atom. The molecule has 15 heavy (non-hydrogen) atoms. The molecule has 2 aliphatic rings. The maximum absolute atomic E-state index is 5.50. The Labute approximate surface area is 93.1 Å². The van der Waals surface area contributed by atoms with Crippen molar-refractivity contribution in [2.45, 2.75) is 64.1 Å². The predicted octanol–water partition coefficient (Wildman–Crippen LogP) is 1.93. The molecule has 3 atom stereocenters. The highest BCUT2D eigenvalue weighted by Crippen LogP contribution is 2.21. The van der Waals surface area contributed by atoms with Gasteiger partial charge in [0.1, 0.15) is 0 Å². The molecule has 0 aromatic carbocycles. The van der Waals surface area contributed by atoms with Crippen LogP contribution in [0.1, 0.15) is 46.0 Å². The summed E-state index contributed by atoms with van der Waals surface area (Å²) >= 11 is 0. The van der Waals surface area contributed by atoms with E-state index in [9.17, 15) is 0 Å². The van der Waals surface area contributed by atoms with E-state index >= 15 is 0 Å². The van der Waals surface area contributed by atoms with E-state index in [0.717, 1.165) is 13.2 Å². The van der Waals surface area contributed by atoms with Gasteiger partial charge in [0.15, 0.2) is 0 Å². The lowest BCUT2D eigenvalue weighted by molar-refractivity contribution is -0.0130. The van der Waals surface area contributed by atoms with Crippen molar-refractivity contribution in [3.63, 3.8) is 0 Å². The van der Waals surface area contributed by atoms with Crippen LogP contribution in [-0.2, 0) is 4.74 Å². The minimum atomic E-state index is 0.543. The predicted molar refractivity (Wildman–Crippen MR) is 61.6 cm³/mol. The topological polar surface area (TPSA) is 24.5 Å². The minimum Gasteiger partial charge on any atom is -0.380 e. The fourth-order valence-corrected chi connectivity index (χ4v) is 2.73. The average Bonchev–Trinajstić information content (AvgIpc) is 2.25. The van der Waals surface area contributed by atoms with Crippen molar-refractivity contribution >= 4 is 0 Å². The van der Waals surface area contributed by atoms with Gasteiger partial charge in [0, 0.05) is 24.7 Å². The molecule has 2 heterocycles. The van der Waals surface area contributed by atoms with Crippen LogP contribution in [0.15, 0.2) is 0 Å². The summed E-state index contributed by atoms with van der Waals surface area (Å²) in [5.41, 5.74) is 3.67. The third kappa shape index (κ3) is 2.92. The maximum Gasteiger partial charge on any atom is 0.0633 e. The monoisotopic (exact) mass is 212 g/mol. The van der Waals surface area contributed by atoms with Crippen molar-refractivity contribution in [1.29, 1.82) is 0 Å². The molecule has 3 unspecified atom stereocenters. The second-order valence-corrected chi connectivity index (χ2v) is 5.08. The van der Waals surface area contributed by atoms with Crippen LogP contribution in [0.4, 0.5) is 0 Å². The van der Waals surface area contributed by atoms with Crippen LogP contribution in [-0.4, -0.2) is 36.3 Å². The Morgan fingerprint density at radius 1 is 1.07 bits per heavy atom. The largest absolute Gasteiger partial charge is 0.380 e. The SMILES string of the molecule is CC1CCCC(C)N1NC1CCCOC1. The van der Waals surface area contributed by atoms with Gasteiger partial charge in [0.05, 0.1) is 6.61 Å². The molecule has 0 bridgehead atoms. The second kappa shape index (κ2) is 5.28. The Balaban J connectivity index is 1.84. The van der Waals surface area contributed by atoms with Crippen LogP contribution < -0.4 is 5.43 Å². The highest BCUT2D eigenvalue weighted by atomic mass is 16.5. The van der Waals surface area contributed by atoms with E-state index in [-0.39, 0.29) is 0 Å². The lowest BCUT2D eigenvalue weighted by Gasteiger charge is -2.42. The van der Waals surface area contributed by atoms with Gasteiger partial charge in [-0.05, 0) is 39.5 Å². The van der Waals surface area contributed by atoms with Crippen molar-refractivity contribution in [3.05, 3.63) is 0 Å². The van der Waals surface area contributed by atoms with Crippen molar-refractivity contribution in [2.75, 3.05) is 13.2 Å². The molecule has 3 heteroatoms. The Bertz CT molecular complexity index is 182. The van der Waals surface area contributed by atoms with Gasteiger partial charge < -0.3 is 4.74 Å². The number of nitrogens with one attached hydrogen (secondary N) is 1. The van der Waals surface area contributed by atoms with E-state index < -0.39 is 0 Å². The van der Waals surface area contributed by atoms with Crippen LogP contribution in [0.5, 0.6) is 0 Å². The third-order valence-electron chi connectivity index (χ3n) is 3.69. The van der Waals surface area contributed by atoms with Gasteiger partial charge >= 0.3 is 0 Å². The van der Waals surface area contributed by atoms with Crippen LogP contribution in [0.2, 0.25) is 0 Å². The number of hydrogen-bond acceptors (Lipinski definition) is 3. The van der Waals surface area contributed by atoms with Crippen LogP contribution in [0.25, 0.3) is 0 Å². The van der Waals surface area contributed by atoms with Gasteiger partial charge in [-0.15, -0.1) is 0 Å². The summed E-state index contributed by atoms with van der Waals surface area (Å²) in [7, 11) is 0. The summed E-state index contributed by atoms with van der Waals surface area (Å²) in [6.07, 6.45) is 6.49. The third-order valence-corrected chi connectivity index (χ3v) is 3.69. The number of ether oxygens (including phenoxy) is 1. The Kier molecular flexibility index (Phi) is 4.00. The van der Waals surface area contributed by atoms with Crippen LogP contribution in [0.3, 0.4) is 0 Å². The highest BCUT2D eigenvalue weighted by Gasteiger charge is 2.27. The molecule has 88 valence electrons. The number of hydrogen-bond donors (Lipinski definition) is 1. The molecule has 2 aliphatic heterocycles. The molecule has 0 saturated carbocycles. The fraction of sp³-hybridized carbons (Fsp3) is 1.00. The van der Waals surface area contributed by atoms with Gasteiger partial charge in [-0.2, -0.15) is 0 Å². The summed E-state index contributed by atoms with van der Waals surface area (Å²) in [6.45, 7) is 6.48. The summed E-state index contributed by atoms with van der Waals surface area (Å²) in [6, 6.07) is 1.90. The first-order valence-corrected chi connectivity index (χ1v) is 6.39. The lowest BCUT2D eigenvalue weighted by atomic mass is 9.99. The molecule has 0 spiro atoms. The zero-order chi connectivity index (χ0) is 10.7. The van der Waals surface area contributed by atoms with Gasteiger partial charge in [0.2, 0.25) is 0 Å². The molecular weight excluding hydrogens is 188 g/mol. The van der Waals surface area contributed by atoms with Gasteiger partial charge in [-0.1, -0.05) is 6.42 Å². The molecular formula is C12H24N2O.